The van der Waals surface area contributed by atoms with Crippen LogP contribution in [0.15, 0.2) is 53.6 Å². The lowest BCUT2D eigenvalue weighted by Gasteiger charge is -2.25. The Hall–Kier alpha value is -2.47. The molecule has 0 radical (unpaired) electrons. The third-order valence-electron chi connectivity index (χ3n) is 4.36. The maximum atomic E-state index is 13.1. The number of aryl methyl sites for hydroxylation is 1. The van der Waals surface area contributed by atoms with E-state index in [1.807, 2.05) is 38.1 Å². The second kappa shape index (κ2) is 7.83. The zero-order chi connectivity index (χ0) is 18.7. The van der Waals surface area contributed by atoms with Crippen molar-refractivity contribution in [1.29, 1.82) is 0 Å². The van der Waals surface area contributed by atoms with E-state index in [0.717, 1.165) is 27.3 Å². The van der Waals surface area contributed by atoms with E-state index in [1.54, 1.807) is 24.1 Å². The third kappa shape index (κ3) is 4.02. The van der Waals surface area contributed by atoms with E-state index in [1.165, 1.54) is 23.9 Å². The van der Waals surface area contributed by atoms with Crippen LogP contribution >= 0.6 is 11.8 Å². The number of aromatic nitrogens is 2. The number of thioether (sulfide) groups is 1. The molecule has 134 valence electrons. The predicted octanol–water partition coefficient (Wildman–Crippen LogP) is 4.39. The summed E-state index contributed by atoms with van der Waals surface area (Å²) in [6.07, 6.45) is 0. The van der Waals surface area contributed by atoms with Gasteiger partial charge in [-0.2, -0.15) is 0 Å². The summed E-state index contributed by atoms with van der Waals surface area (Å²) >= 11 is 1.39. The van der Waals surface area contributed by atoms with Crippen molar-refractivity contribution in [3.05, 3.63) is 65.6 Å². The molecule has 2 aromatic carbocycles. The molecule has 1 amide bonds. The first-order valence-electron chi connectivity index (χ1n) is 8.33. The fourth-order valence-corrected chi connectivity index (χ4v) is 3.50. The standard InChI is InChI=1S/C20H20FN3OS/c1-13-20(23-18-7-5-4-6-17(18)22-13)26-12-19(25)24(3)14(2)15-8-10-16(21)11-9-15/h4-11,14H,12H2,1-3H3/t14-/m1/s1. The predicted molar refractivity (Wildman–Crippen MR) is 103 cm³/mol. The Morgan fingerprint density at radius 1 is 1.12 bits per heavy atom. The smallest absolute Gasteiger partial charge is 0.233 e. The molecule has 3 rings (SSSR count). The monoisotopic (exact) mass is 369 g/mol. The average molecular weight is 369 g/mol. The zero-order valence-electron chi connectivity index (χ0n) is 14.9. The quantitative estimate of drug-likeness (QED) is 0.626. The van der Waals surface area contributed by atoms with Crippen LogP contribution in [0.25, 0.3) is 11.0 Å². The number of nitrogens with zero attached hydrogens (tertiary/aromatic N) is 3. The van der Waals surface area contributed by atoms with E-state index in [0.29, 0.717) is 0 Å². The molecule has 0 aliphatic heterocycles. The lowest BCUT2D eigenvalue weighted by atomic mass is 10.1. The summed E-state index contributed by atoms with van der Waals surface area (Å²) in [5, 5.41) is 0.764. The molecule has 0 N–H and O–H groups in total. The first kappa shape index (κ1) is 18.3. The van der Waals surface area contributed by atoms with Gasteiger partial charge in [0.05, 0.1) is 28.5 Å². The van der Waals surface area contributed by atoms with Gasteiger partial charge in [-0.3, -0.25) is 4.79 Å². The van der Waals surface area contributed by atoms with Crippen LogP contribution in [0.4, 0.5) is 4.39 Å². The lowest BCUT2D eigenvalue weighted by molar-refractivity contribution is -0.128. The topological polar surface area (TPSA) is 46.1 Å². The highest BCUT2D eigenvalue weighted by Gasteiger charge is 2.18. The minimum absolute atomic E-state index is 0.0128. The third-order valence-corrected chi connectivity index (χ3v) is 5.41. The molecule has 0 fully saturated rings. The van der Waals surface area contributed by atoms with Crippen molar-refractivity contribution >= 4 is 28.7 Å². The van der Waals surface area contributed by atoms with E-state index < -0.39 is 0 Å². The molecule has 1 heterocycles. The van der Waals surface area contributed by atoms with E-state index in [2.05, 4.69) is 9.97 Å². The minimum atomic E-state index is -0.282. The molecule has 0 unspecified atom stereocenters. The molecule has 0 aliphatic carbocycles. The summed E-state index contributed by atoms with van der Waals surface area (Å²) < 4.78 is 13.1. The largest absolute Gasteiger partial charge is 0.338 e. The molecule has 6 heteroatoms. The molecule has 1 atom stereocenters. The summed E-state index contributed by atoms with van der Waals surface area (Å²) in [4.78, 5) is 23.4. The van der Waals surface area contributed by atoms with Crippen LogP contribution in [0, 0.1) is 12.7 Å². The number of fused-ring (bicyclic) bond motifs is 1. The first-order valence-corrected chi connectivity index (χ1v) is 9.31. The zero-order valence-corrected chi connectivity index (χ0v) is 15.8. The number of hydrogen-bond acceptors (Lipinski definition) is 4. The maximum Gasteiger partial charge on any atom is 0.233 e. The van der Waals surface area contributed by atoms with Crippen LogP contribution in [-0.4, -0.2) is 33.6 Å². The van der Waals surface area contributed by atoms with Crippen LogP contribution in [0.5, 0.6) is 0 Å². The number of hydrogen-bond donors (Lipinski definition) is 0. The fraction of sp³-hybridized carbons (Fsp3) is 0.250. The highest BCUT2D eigenvalue weighted by Crippen LogP contribution is 2.24. The second-order valence-electron chi connectivity index (χ2n) is 6.12. The van der Waals surface area contributed by atoms with Crippen LogP contribution in [0.2, 0.25) is 0 Å². The number of rotatable bonds is 5. The molecule has 0 aliphatic rings. The molecule has 0 saturated carbocycles. The SMILES string of the molecule is Cc1nc2ccccc2nc1SCC(=O)N(C)[C@H](C)c1ccc(F)cc1. The Balaban J connectivity index is 1.68. The van der Waals surface area contributed by atoms with Gasteiger partial charge in [0.1, 0.15) is 10.8 Å². The molecular formula is C20H20FN3OS. The Morgan fingerprint density at radius 3 is 2.38 bits per heavy atom. The van der Waals surface area contributed by atoms with Gasteiger partial charge in [0.2, 0.25) is 5.91 Å². The van der Waals surface area contributed by atoms with Gasteiger partial charge in [-0.05, 0) is 43.7 Å². The molecule has 3 aromatic rings. The Labute approximate surface area is 156 Å². The van der Waals surface area contributed by atoms with Crippen LogP contribution in [0.3, 0.4) is 0 Å². The van der Waals surface area contributed by atoms with Crippen molar-refractivity contribution in [2.75, 3.05) is 12.8 Å². The average Bonchev–Trinajstić information content (AvgIpc) is 2.65. The fourth-order valence-electron chi connectivity index (χ4n) is 2.62. The van der Waals surface area contributed by atoms with Gasteiger partial charge in [-0.25, -0.2) is 14.4 Å². The van der Waals surface area contributed by atoms with Crippen molar-refractivity contribution in [1.82, 2.24) is 14.9 Å². The number of para-hydroxylation sites is 2. The Kier molecular flexibility index (Phi) is 5.52. The molecule has 1 aromatic heterocycles. The lowest BCUT2D eigenvalue weighted by Crippen LogP contribution is -2.31. The van der Waals surface area contributed by atoms with Gasteiger partial charge in [0.15, 0.2) is 0 Å². The highest BCUT2D eigenvalue weighted by molar-refractivity contribution is 7.99. The Morgan fingerprint density at radius 2 is 1.73 bits per heavy atom. The summed E-state index contributed by atoms with van der Waals surface area (Å²) in [6.45, 7) is 3.83. The number of carbonyl (C=O) groups is 1. The molecular weight excluding hydrogens is 349 g/mol. The van der Waals surface area contributed by atoms with Gasteiger partial charge in [-0.1, -0.05) is 36.0 Å². The number of amides is 1. The maximum absolute atomic E-state index is 13.1. The van der Waals surface area contributed by atoms with E-state index in [-0.39, 0.29) is 23.5 Å². The van der Waals surface area contributed by atoms with Crippen LogP contribution in [0.1, 0.15) is 24.2 Å². The summed E-state index contributed by atoms with van der Waals surface area (Å²) in [5.41, 5.74) is 3.38. The second-order valence-corrected chi connectivity index (χ2v) is 7.09. The van der Waals surface area contributed by atoms with Crippen LogP contribution in [-0.2, 0) is 4.79 Å². The van der Waals surface area contributed by atoms with Gasteiger partial charge in [0, 0.05) is 7.05 Å². The number of carbonyl (C=O) groups excluding carboxylic acids is 1. The van der Waals surface area contributed by atoms with Gasteiger partial charge >= 0.3 is 0 Å². The van der Waals surface area contributed by atoms with Crippen molar-refractivity contribution in [2.45, 2.75) is 24.9 Å². The van der Waals surface area contributed by atoms with Crippen molar-refractivity contribution in [3.8, 4) is 0 Å². The van der Waals surface area contributed by atoms with Crippen molar-refractivity contribution < 1.29 is 9.18 Å². The van der Waals surface area contributed by atoms with Gasteiger partial charge < -0.3 is 4.90 Å². The first-order chi connectivity index (χ1) is 12.5. The number of benzene rings is 2. The summed E-state index contributed by atoms with van der Waals surface area (Å²) in [7, 11) is 1.76. The van der Waals surface area contributed by atoms with E-state index >= 15 is 0 Å². The van der Waals surface area contributed by atoms with E-state index in [4.69, 9.17) is 0 Å². The molecule has 4 nitrogen and oxygen atoms in total. The highest BCUT2D eigenvalue weighted by atomic mass is 32.2. The molecule has 0 bridgehead atoms. The van der Waals surface area contributed by atoms with Crippen LogP contribution < -0.4 is 0 Å². The normalized spacial score (nSPS) is 12.2. The number of halogens is 1. The summed E-state index contributed by atoms with van der Waals surface area (Å²) in [6, 6.07) is 13.8. The van der Waals surface area contributed by atoms with Crippen molar-refractivity contribution in [3.63, 3.8) is 0 Å². The molecule has 26 heavy (non-hydrogen) atoms. The van der Waals surface area contributed by atoms with Gasteiger partial charge in [-0.15, -0.1) is 0 Å². The van der Waals surface area contributed by atoms with Gasteiger partial charge in [0.25, 0.3) is 0 Å². The van der Waals surface area contributed by atoms with E-state index in [9.17, 15) is 9.18 Å². The molecule has 0 spiro atoms. The molecule has 0 saturated heterocycles. The van der Waals surface area contributed by atoms with Crippen molar-refractivity contribution in [2.24, 2.45) is 0 Å². The summed E-state index contributed by atoms with van der Waals surface area (Å²) in [5.74, 6) is -0.0207. The Bertz CT molecular complexity index is 930. The minimum Gasteiger partial charge on any atom is -0.338 e.